The zero-order valence-corrected chi connectivity index (χ0v) is 18.7. The highest BCUT2D eigenvalue weighted by Gasteiger charge is 2.31. The molecule has 1 aromatic rings. The summed E-state index contributed by atoms with van der Waals surface area (Å²) in [7, 11) is 1.59. The van der Waals surface area contributed by atoms with Crippen molar-refractivity contribution >= 4 is 46.3 Å². The van der Waals surface area contributed by atoms with Crippen molar-refractivity contribution in [2.24, 2.45) is 0 Å². The second kappa shape index (κ2) is 11.8. The summed E-state index contributed by atoms with van der Waals surface area (Å²) in [5, 5.41) is 0. The van der Waals surface area contributed by atoms with Crippen LogP contribution in [-0.2, 0) is 14.3 Å². The Bertz CT molecular complexity index is 778. The van der Waals surface area contributed by atoms with E-state index in [1.807, 2.05) is 31.2 Å². The van der Waals surface area contributed by atoms with E-state index in [4.69, 9.17) is 26.4 Å². The third kappa shape index (κ3) is 6.75. The van der Waals surface area contributed by atoms with Gasteiger partial charge >= 0.3 is 5.97 Å². The average molecular weight is 438 g/mol. The van der Waals surface area contributed by atoms with Gasteiger partial charge in [-0.05, 0) is 50.5 Å². The van der Waals surface area contributed by atoms with Crippen LogP contribution in [0.4, 0.5) is 0 Å². The number of unbranched alkanes of at least 4 members (excludes halogenated alkanes) is 2. The SMILES string of the molecule is CCOC(=O)CCCCCN1C(=O)/C(=C/c2ccc(OCC)c(OC)c2)SC1=S. The minimum atomic E-state index is -0.174. The van der Waals surface area contributed by atoms with Gasteiger partial charge in [0.1, 0.15) is 4.32 Å². The molecule has 1 aromatic carbocycles. The summed E-state index contributed by atoms with van der Waals surface area (Å²) in [5.74, 6) is 1.03. The van der Waals surface area contributed by atoms with Gasteiger partial charge in [-0.2, -0.15) is 0 Å². The predicted octanol–water partition coefficient (Wildman–Crippen LogP) is 4.42. The van der Waals surface area contributed by atoms with E-state index >= 15 is 0 Å². The molecule has 0 atom stereocenters. The Morgan fingerprint density at radius 3 is 2.66 bits per heavy atom. The van der Waals surface area contributed by atoms with E-state index in [2.05, 4.69) is 0 Å². The summed E-state index contributed by atoms with van der Waals surface area (Å²) in [4.78, 5) is 26.3. The van der Waals surface area contributed by atoms with Gasteiger partial charge in [-0.3, -0.25) is 14.5 Å². The molecule has 1 aliphatic heterocycles. The maximum absolute atomic E-state index is 12.7. The number of ether oxygens (including phenoxy) is 3. The number of esters is 1. The van der Waals surface area contributed by atoms with Gasteiger partial charge in [0.15, 0.2) is 11.5 Å². The molecule has 1 amide bonds. The minimum absolute atomic E-state index is 0.0850. The smallest absolute Gasteiger partial charge is 0.305 e. The van der Waals surface area contributed by atoms with E-state index < -0.39 is 0 Å². The van der Waals surface area contributed by atoms with Gasteiger partial charge in [0.2, 0.25) is 0 Å². The van der Waals surface area contributed by atoms with E-state index in [-0.39, 0.29) is 11.9 Å². The predicted molar refractivity (Wildman–Crippen MR) is 119 cm³/mol. The molecule has 1 heterocycles. The summed E-state index contributed by atoms with van der Waals surface area (Å²) < 4.78 is 16.4. The van der Waals surface area contributed by atoms with Crippen LogP contribution in [0.5, 0.6) is 11.5 Å². The number of thiocarbonyl (C=S) groups is 1. The fourth-order valence-electron chi connectivity index (χ4n) is 2.84. The van der Waals surface area contributed by atoms with Crippen LogP contribution in [0.3, 0.4) is 0 Å². The van der Waals surface area contributed by atoms with Crippen LogP contribution in [0, 0.1) is 0 Å². The maximum Gasteiger partial charge on any atom is 0.305 e. The Morgan fingerprint density at radius 2 is 1.97 bits per heavy atom. The minimum Gasteiger partial charge on any atom is -0.493 e. The average Bonchev–Trinajstić information content (AvgIpc) is 2.96. The number of amides is 1. The number of carbonyl (C=O) groups is 2. The molecule has 2 rings (SSSR count). The highest BCUT2D eigenvalue weighted by atomic mass is 32.2. The van der Waals surface area contributed by atoms with Gasteiger partial charge in [-0.1, -0.05) is 36.5 Å². The zero-order chi connectivity index (χ0) is 21.2. The second-order valence-electron chi connectivity index (χ2n) is 6.29. The molecule has 1 fully saturated rings. The molecule has 0 N–H and O–H groups in total. The zero-order valence-electron chi connectivity index (χ0n) is 17.1. The lowest BCUT2D eigenvalue weighted by atomic mass is 10.1. The molecule has 8 heteroatoms. The number of benzene rings is 1. The van der Waals surface area contributed by atoms with Crippen LogP contribution in [-0.4, -0.2) is 48.0 Å². The first kappa shape index (κ1) is 23.2. The van der Waals surface area contributed by atoms with Crippen LogP contribution >= 0.6 is 24.0 Å². The molecule has 0 aromatic heterocycles. The van der Waals surface area contributed by atoms with Gasteiger partial charge in [-0.25, -0.2) is 0 Å². The molecule has 1 saturated heterocycles. The quantitative estimate of drug-likeness (QED) is 0.220. The first-order valence-corrected chi connectivity index (χ1v) is 10.9. The molecule has 0 radical (unpaired) electrons. The first-order chi connectivity index (χ1) is 14.0. The van der Waals surface area contributed by atoms with Crippen LogP contribution < -0.4 is 9.47 Å². The Morgan fingerprint density at radius 1 is 1.17 bits per heavy atom. The van der Waals surface area contributed by atoms with Crippen molar-refractivity contribution in [3.8, 4) is 11.5 Å². The van der Waals surface area contributed by atoms with Crippen molar-refractivity contribution in [2.75, 3.05) is 26.9 Å². The van der Waals surface area contributed by atoms with E-state index in [9.17, 15) is 9.59 Å². The molecular weight excluding hydrogens is 410 g/mol. The molecular formula is C21H27NO5S2. The number of hydrogen-bond acceptors (Lipinski definition) is 7. The fourth-order valence-corrected chi connectivity index (χ4v) is 4.15. The largest absolute Gasteiger partial charge is 0.493 e. The highest BCUT2D eigenvalue weighted by Crippen LogP contribution is 2.35. The summed E-state index contributed by atoms with van der Waals surface area (Å²) in [5.41, 5.74) is 0.847. The van der Waals surface area contributed by atoms with Crippen LogP contribution in [0.2, 0.25) is 0 Å². The molecule has 6 nitrogen and oxygen atoms in total. The Kier molecular flexibility index (Phi) is 9.47. The van der Waals surface area contributed by atoms with E-state index in [1.165, 1.54) is 11.8 Å². The van der Waals surface area contributed by atoms with E-state index in [1.54, 1.807) is 18.9 Å². The number of nitrogens with zero attached hydrogens (tertiary/aromatic N) is 1. The van der Waals surface area contributed by atoms with Gasteiger partial charge in [-0.15, -0.1) is 0 Å². The lowest BCUT2D eigenvalue weighted by Crippen LogP contribution is -2.29. The molecule has 0 spiro atoms. The van der Waals surface area contributed by atoms with Gasteiger partial charge in [0, 0.05) is 13.0 Å². The molecule has 0 saturated carbocycles. The number of carbonyl (C=O) groups excluding carboxylic acids is 2. The first-order valence-electron chi connectivity index (χ1n) is 9.72. The van der Waals surface area contributed by atoms with Crippen molar-refractivity contribution in [3.63, 3.8) is 0 Å². The third-order valence-electron chi connectivity index (χ3n) is 4.23. The molecule has 1 aliphatic rings. The Hall–Kier alpha value is -2.06. The van der Waals surface area contributed by atoms with Crippen molar-refractivity contribution in [2.45, 2.75) is 39.5 Å². The standard InChI is InChI=1S/C21H27NO5S2/c1-4-26-16-11-10-15(13-17(16)25-3)14-18-20(24)22(21(28)29-18)12-8-6-7-9-19(23)27-5-2/h10-11,13-14H,4-9,12H2,1-3H3/b18-14-. The number of hydrogen-bond donors (Lipinski definition) is 0. The van der Waals surface area contributed by atoms with Crippen molar-refractivity contribution < 1.29 is 23.8 Å². The number of thioether (sulfide) groups is 1. The van der Waals surface area contributed by atoms with E-state index in [0.29, 0.717) is 46.9 Å². The van der Waals surface area contributed by atoms with Crippen LogP contribution in [0.1, 0.15) is 45.1 Å². The van der Waals surface area contributed by atoms with Gasteiger partial charge < -0.3 is 14.2 Å². The lowest BCUT2D eigenvalue weighted by molar-refractivity contribution is -0.143. The van der Waals surface area contributed by atoms with Crippen molar-refractivity contribution in [1.82, 2.24) is 4.90 Å². The molecule has 0 aliphatic carbocycles. The topological polar surface area (TPSA) is 65.1 Å². The van der Waals surface area contributed by atoms with Gasteiger partial charge in [0.25, 0.3) is 5.91 Å². The lowest BCUT2D eigenvalue weighted by Gasteiger charge is -2.14. The van der Waals surface area contributed by atoms with Gasteiger partial charge in [0.05, 0.1) is 25.2 Å². The monoisotopic (exact) mass is 437 g/mol. The summed E-state index contributed by atoms with van der Waals surface area (Å²) in [6.07, 6.45) is 4.60. The van der Waals surface area contributed by atoms with E-state index in [0.717, 1.165) is 24.8 Å². The summed E-state index contributed by atoms with van der Waals surface area (Å²) in [6, 6.07) is 5.56. The summed E-state index contributed by atoms with van der Waals surface area (Å²) in [6.45, 7) is 5.22. The Labute approximate surface area is 181 Å². The Balaban J connectivity index is 1.93. The molecule has 0 bridgehead atoms. The molecule has 29 heavy (non-hydrogen) atoms. The van der Waals surface area contributed by atoms with Crippen LogP contribution in [0.15, 0.2) is 23.1 Å². The fraction of sp³-hybridized carbons (Fsp3) is 0.476. The molecule has 158 valence electrons. The number of methoxy groups -OCH3 is 1. The van der Waals surface area contributed by atoms with Crippen molar-refractivity contribution in [3.05, 3.63) is 28.7 Å². The molecule has 0 unspecified atom stereocenters. The third-order valence-corrected chi connectivity index (χ3v) is 5.60. The summed E-state index contributed by atoms with van der Waals surface area (Å²) >= 11 is 6.68. The van der Waals surface area contributed by atoms with Crippen molar-refractivity contribution in [1.29, 1.82) is 0 Å². The maximum atomic E-state index is 12.7. The van der Waals surface area contributed by atoms with Crippen LogP contribution in [0.25, 0.3) is 6.08 Å². The second-order valence-corrected chi connectivity index (χ2v) is 7.97. The highest BCUT2D eigenvalue weighted by molar-refractivity contribution is 8.26. The number of rotatable bonds is 11. The normalized spacial score (nSPS) is 15.1.